The highest BCUT2D eigenvalue weighted by Gasteiger charge is 2.29. The molecule has 2 amide bonds. The van der Waals surface area contributed by atoms with Gasteiger partial charge in [0, 0.05) is 11.3 Å². The number of benzene rings is 2. The molecule has 2 aromatic carbocycles. The molecule has 2 N–H and O–H groups in total. The molecule has 1 aliphatic heterocycles. The topological polar surface area (TPSA) is 88.9 Å². The molecule has 0 fully saturated rings. The van der Waals surface area contributed by atoms with Crippen molar-refractivity contribution in [2.75, 3.05) is 5.32 Å². The van der Waals surface area contributed by atoms with Gasteiger partial charge in [-0.05, 0) is 36.8 Å². The smallest absolute Gasteiger partial charge is 0.238 e. The van der Waals surface area contributed by atoms with Gasteiger partial charge in [0.25, 0.3) is 0 Å². The average molecular weight is 393 g/mol. The zero-order chi connectivity index (χ0) is 19.5. The Morgan fingerprint density at radius 1 is 1.25 bits per heavy atom. The van der Waals surface area contributed by atoms with Crippen LogP contribution in [-0.4, -0.2) is 31.8 Å². The van der Waals surface area contributed by atoms with Gasteiger partial charge in [-0.1, -0.05) is 24.3 Å². The van der Waals surface area contributed by atoms with E-state index in [0.717, 1.165) is 21.8 Å². The number of nitrogens with zero attached hydrogens (tertiary/aromatic N) is 3. The van der Waals surface area contributed by atoms with Crippen molar-refractivity contribution in [3.63, 3.8) is 0 Å². The fraction of sp³-hybridized carbons (Fsp3) is 0.200. The van der Waals surface area contributed by atoms with Gasteiger partial charge in [-0.2, -0.15) is 5.10 Å². The molecule has 0 saturated heterocycles. The third-order valence-corrected chi connectivity index (χ3v) is 5.81. The lowest BCUT2D eigenvalue weighted by Gasteiger charge is -2.24. The fourth-order valence-electron chi connectivity index (χ4n) is 3.04. The minimum atomic E-state index is -0.434. The summed E-state index contributed by atoms with van der Waals surface area (Å²) in [5.41, 5.74) is 2.67. The monoisotopic (exact) mass is 393 g/mol. The molecule has 142 valence electrons. The number of carbonyl (C=O) groups excluding carboxylic acids is 2. The Bertz CT molecular complexity index is 988. The van der Waals surface area contributed by atoms with Gasteiger partial charge in [-0.3, -0.25) is 9.59 Å². The molecule has 28 heavy (non-hydrogen) atoms. The van der Waals surface area contributed by atoms with Crippen LogP contribution >= 0.6 is 11.8 Å². The van der Waals surface area contributed by atoms with Gasteiger partial charge in [0.15, 0.2) is 0 Å². The number of nitrogens with one attached hydrogen (secondary N) is 2. The molecule has 8 heteroatoms. The summed E-state index contributed by atoms with van der Waals surface area (Å²) in [5, 5.41) is 9.50. The maximum absolute atomic E-state index is 12.5. The number of rotatable bonds is 5. The number of thioether (sulfide) groups is 1. The van der Waals surface area contributed by atoms with Crippen LogP contribution in [0.5, 0.6) is 0 Å². The largest absolute Gasteiger partial charge is 0.350 e. The van der Waals surface area contributed by atoms with Crippen molar-refractivity contribution in [1.29, 1.82) is 0 Å². The number of aromatic nitrogens is 3. The molecule has 0 saturated carbocycles. The van der Waals surface area contributed by atoms with Crippen LogP contribution in [-0.2, 0) is 9.59 Å². The Balaban J connectivity index is 1.36. The van der Waals surface area contributed by atoms with Crippen LogP contribution in [0.2, 0.25) is 0 Å². The van der Waals surface area contributed by atoms with Crippen molar-refractivity contribution in [3.8, 4) is 5.69 Å². The molecule has 2 atom stereocenters. The van der Waals surface area contributed by atoms with E-state index in [-0.39, 0.29) is 24.3 Å². The number of amides is 2. The predicted octanol–water partition coefficient (Wildman–Crippen LogP) is 2.95. The van der Waals surface area contributed by atoms with Crippen molar-refractivity contribution in [1.82, 2.24) is 20.1 Å². The molecule has 1 aliphatic rings. The lowest BCUT2D eigenvalue weighted by molar-refractivity contribution is -0.124. The summed E-state index contributed by atoms with van der Waals surface area (Å²) in [5.74, 6) is -0.288. The Morgan fingerprint density at radius 2 is 2.04 bits per heavy atom. The molecule has 0 spiro atoms. The van der Waals surface area contributed by atoms with Crippen LogP contribution in [0.4, 0.5) is 5.69 Å². The first-order chi connectivity index (χ1) is 13.6. The summed E-state index contributed by atoms with van der Waals surface area (Å²) < 4.78 is 1.67. The number of hydrogen-bond donors (Lipinski definition) is 2. The second-order valence-corrected chi connectivity index (χ2v) is 7.76. The Labute approximate surface area is 166 Å². The summed E-state index contributed by atoms with van der Waals surface area (Å²) in [4.78, 5) is 29.7. The van der Waals surface area contributed by atoms with E-state index in [1.807, 2.05) is 55.5 Å². The van der Waals surface area contributed by atoms with E-state index in [1.165, 1.54) is 18.1 Å². The SMILES string of the molecule is CC(NC(=O)CC1Sc2ccccc2NC1=O)c1ccc(-n2cncn2)cc1. The fourth-order valence-corrected chi connectivity index (χ4v) is 4.15. The van der Waals surface area contributed by atoms with E-state index in [2.05, 4.69) is 20.7 Å². The van der Waals surface area contributed by atoms with E-state index in [1.54, 1.807) is 11.0 Å². The second-order valence-electron chi connectivity index (χ2n) is 6.52. The van der Waals surface area contributed by atoms with Gasteiger partial charge in [0.05, 0.1) is 22.7 Å². The summed E-state index contributed by atoms with van der Waals surface area (Å²) in [6.45, 7) is 1.92. The molecule has 1 aromatic heterocycles. The third kappa shape index (κ3) is 3.91. The number of anilines is 1. The van der Waals surface area contributed by atoms with Crippen molar-refractivity contribution < 1.29 is 9.59 Å². The van der Waals surface area contributed by atoms with E-state index in [9.17, 15) is 9.59 Å². The van der Waals surface area contributed by atoms with Crippen LogP contribution in [0, 0.1) is 0 Å². The van der Waals surface area contributed by atoms with Crippen LogP contribution in [0.1, 0.15) is 24.9 Å². The van der Waals surface area contributed by atoms with Crippen LogP contribution in [0.15, 0.2) is 66.1 Å². The van der Waals surface area contributed by atoms with Crippen molar-refractivity contribution in [2.24, 2.45) is 0 Å². The lowest BCUT2D eigenvalue weighted by atomic mass is 10.1. The highest BCUT2D eigenvalue weighted by molar-refractivity contribution is 8.01. The van der Waals surface area contributed by atoms with Crippen LogP contribution in [0.3, 0.4) is 0 Å². The van der Waals surface area contributed by atoms with Gasteiger partial charge in [0.2, 0.25) is 11.8 Å². The standard InChI is InChI=1S/C20H19N5O2S/c1-13(14-6-8-15(9-7-14)25-12-21-11-22-25)23-19(26)10-18-20(27)24-16-4-2-3-5-17(16)28-18/h2-9,11-13,18H,10H2,1H3,(H,23,26)(H,24,27). The molecule has 2 unspecified atom stereocenters. The molecular weight excluding hydrogens is 374 g/mol. The predicted molar refractivity (Wildman–Crippen MR) is 107 cm³/mol. The normalized spacial score (nSPS) is 16.8. The molecule has 0 bridgehead atoms. The van der Waals surface area contributed by atoms with E-state index >= 15 is 0 Å². The van der Waals surface area contributed by atoms with Gasteiger partial charge in [-0.15, -0.1) is 11.8 Å². The maximum atomic E-state index is 12.5. The molecule has 2 heterocycles. The molecule has 0 radical (unpaired) electrons. The molecule has 0 aliphatic carbocycles. The number of fused-ring (bicyclic) bond motifs is 1. The molecular formula is C20H19N5O2S. The van der Waals surface area contributed by atoms with E-state index < -0.39 is 5.25 Å². The minimum absolute atomic E-state index is 0.131. The maximum Gasteiger partial charge on any atom is 0.238 e. The number of carbonyl (C=O) groups is 2. The molecule has 7 nitrogen and oxygen atoms in total. The first kappa shape index (κ1) is 18.2. The first-order valence-corrected chi connectivity index (χ1v) is 9.79. The van der Waals surface area contributed by atoms with Crippen LogP contribution < -0.4 is 10.6 Å². The zero-order valence-corrected chi connectivity index (χ0v) is 16.0. The van der Waals surface area contributed by atoms with Gasteiger partial charge < -0.3 is 10.6 Å². The summed E-state index contributed by atoms with van der Waals surface area (Å²) in [6.07, 6.45) is 3.24. The quantitative estimate of drug-likeness (QED) is 0.696. The molecule has 3 aromatic rings. The summed E-state index contributed by atoms with van der Waals surface area (Å²) in [7, 11) is 0. The lowest BCUT2D eigenvalue weighted by Crippen LogP contribution is -2.35. The highest BCUT2D eigenvalue weighted by atomic mass is 32.2. The van der Waals surface area contributed by atoms with Crippen molar-refractivity contribution in [2.45, 2.75) is 29.5 Å². The van der Waals surface area contributed by atoms with E-state index in [0.29, 0.717) is 0 Å². The van der Waals surface area contributed by atoms with Gasteiger partial charge in [-0.25, -0.2) is 9.67 Å². The average Bonchev–Trinajstić information content (AvgIpc) is 3.23. The van der Waals surface area contributed by atoms with E-state index in [4.69, 9.17) is 0 Å². The van der Waals surface area contributed by atoms with Crippen molar-refractivity contribution >= 4 is 29.3 Å². The third-order valence-electron chi connectivity index (χ3n) is 4.53. The highest BCUT2D eigenvalue weighted by Crippen LogP contribution is 2.36. The minimum Gasteiger partial charge on any atom is -0.350 e. The Morgan fingerprint density at radius 3 is 2.79 bits per heavy atom. The summed E-state index contributed by atoms with van der Waals surface area (Å²) in [6, 6.07) is 15.2. The summed E-state index contributed by atoms with van der Waals surface area (Å²) >= 11 is 1.43. The Kier molecular flexibility index (Phi) is 5.12. The molecule has 4 rings (SSSR count). The Hall–Kier alpha value is -3.13. The van der Waals surface area contributed by atoms with Crippen LogP contribution in [0.25, 0.3) is 5.69 Å². The number of para-hydroxylation sites is 1. The van der Waals surface area contributed by atoms with Gasteiger partial charge >= 0.3 is 0 Å². The number of hydrogen-bond acceptors (Lipinski definition) is 5. The zero-order valence-electron chi connectivity index (χ0n) is 15.2. The van der Waals surface area contributed by atoms with Gasteiger partial charge in [0.1, 0.15) is 12.7 Å². The van der Waals surface area contributed by atoms with Crippen molar-refractivity contribution in [3.05, 3.63) is 66.7 Å². The first-order valence-electron chi connectivity index (χ1n) is 8.91. The second kappa shape index (κ2) is 7.85.